The number of nitro benzene ring substituents is 1. The molecule has 1 aromatic heterocycles. The van der Waals surface area contributed by atoms with Crippen LogP contribution in [0.2, 0.25) is 0 Å². The van der Waals surface area contributed by atoms with Crippen molar-refractivity contribution >= 4 is 22.6 Å². The molecule has 8 nitrogen and oxygen atoms in total. The zero-order chi connectivity index (χ0) is 17.1. The Morgan fingerprint density at radius 3 is 2.71 bits per heavy atom. The van der Waals surface area contributed by atoms with E-state index in [1.54, 1.807) is 12.1 Å². The van der Waals surface area contributed by atoms with Crippen LogP contribution < -0.4 is 4.74 Å². The topological polar surface area (TPSA) is 104 Å². The van der Waals surface area contributed by atoms with Gasteiger partial charge in [0.1, 0.15) is 17.6 Å². The van der Waals surface area contributed by atoms with Crippen LogP contribution in [0.15, 0.2) is 48.8 Å². The molecule has 0 unspecified atom stereocenters. The first-order valence-electron chi connectivity index (χ1n) is 6.84. The number of para-hydroxylation sites is 1. The number of hydrogen-bond donors (Lipinski definition) is 0. The van der Waals surface area contributed by atoms with E-state index < -0.39 is 10.9 Å². The van der Waals surface area contributed by atoms with Gasteiger partial charge in [-0.05, 0) is 18.2 Å². The number of rotatable bonds is 4. The molecule has 0 spiro atoms. The van der Waals surface area contributed by atoms with Gasteiger partial charge < -0.3 is 9.47 Å². The number of aromatic nitrogens is 2. The van der Waals surface area contributed by atoms with Crippen molar-refractivity contribution in [1.82, 2.24) is 9.97 Å². The van der Waals surface area contributed by atoms with Gasteiger partial charge in [-0.25, -0.2) is 14.8 Å². The van der Waals surface area contributed by atoms with Crippen molar-refractivity contribution < 1.29 is 19.2 Å². The van der Waals surface area contributed by atoms with E-state index in [1.165, 1.54) is 24.5 Å². The molecule has 0 N–H and O–H groups in total. The molecule has 2 aromatic carbocycles. The highest BCUT2D eigenvalue weighted by Crippen LogP contribution is 2.30. The fourth-order valence-electron chi connectivity index (χ4n) is 2.18. The monoisotopic (exact) mass is 325 g/mol. The zero-order valence-corrected chi connectivity index (χ0v) is 12.5. The number of hydrogen-bond acceptors (Lipinski definition) is 7. The third-order valence-corrected chi connectivity index (χ3v) is 3.29. The van der Waals surface area contributed by atoms with Crippen molar-refractivity contribution in [3.63, 3.8) is 0 Å². The summed E-state index contributed by atoms with van der Waals surface area (Å²) in [4.78, 5) is 30.3. The minimum Gasteiger partial charge on any atom is -0.465 e. The fraction of sp³-hybridized carbons (Fsp3) is 0.0625. The summed E-state index contributed by atoms with van der Waals surface area (Å²) in [5.41, 5.74) is 0.137. The van der Waals surface area contributed by atoms with Crippen LogP contribution >= 0.6 is 0 Å². The molecule has 0 atom stereocenters. The Bertz CT molecular complexity index is 937. The van der Waals surface area contributed by atoms with Crippen molar-refractivity contribution in [3.05, 3.63) is 64.5 Å². The van der Waals surface area contributed by atoms with Gasteiger partial charge in [-0.15, -0.1) is 0 Å². The number of methoxy groups -OCH3 is 1. The molecular weight excluding hydrogens is 314 g/mol. The Hall–Kier alpha value is -3.55. The van der Waals surface area contributed by atoms with Crippen LogP contribution in [-0.4, -0.2) is 28.0 Å². The Kier molecular flexibility index (Phi) is 4.02. The van der Waals surface area contributed by atoms with Crippen molar-refractivity contribution in [1.29, 1.82) is 0 Å². The predicted molar refractivity (Wildman–Crippen MR) is 84.0 cm³/mol. The Morgan fingerprint density at radius 2 is 1.96 bits per heavy atom. The minimum absolute atomic E-state index is 0.196. The highest BCUT2D eigenvalue weighted by atomic mass is 16.6. The van der Waals surface area contributed by atoms with Gasteiger partial charge >= 0.3 is 5.97 Å². The summed E-state index contributed by atoms with van der Waals surface area (Å²) in [6.45, 7) is 0. The summed E-state index contributed by atoms with van der Waals surface area (Å²) in [6.07, 6.45) is 1.35. The summed E-state index contributed by atoms with van der Waals surface area (Å²) < 4.78 is 10.3. The number of nitro groups is 1. The molecule has 8 heteroatoms. The highest BCUT2D eigenvalue weighted by Gasteiger charge is 2.22. The van der Waals surface area contributed by atoms with Crippen molar-refractivity contribution in [2.45, 2.75) is 0 Å². The van der Waals surface area contributed by atoms with E-state index in [1.807, 2.05) is 12.1 Å². The number of esters is 1. The second-order valence-electron chi connectivity index (χ2n) is 4.73. The van der Waals surface area contributed by atoms with E-state index in [4.69, 9.17) is 4.74 Å². The summed E-state index contributed by atoms with van der Waals surface area (Å²) >= 11 is 0. The number of fused-ring (bicyclic) bond motifs is 1. The van der Waals surface area contributed by atoms with Crippen LogP contribution in [0.5, 0.6) is 11.6 Å². The predicted octanol–water partition coefficient (Wildman–Crippen LogP) is 3.12. The molecule has 24 heavy (non-hydrogen) atoms. The maximum atomic E-state index is 11.7. The van der Waals surface area contributed by atoms with E-state index >= 15 is 0 Å². The van der Waals surface area contributed by atoms with Gasteiger partial charge in [0.05, 0.1) is 22.9 Å². The molecule has 0 bridgehead atoms. The van der Waals surface area contributed by atoms with Crippen molar-refractivity contribution in [3.8, 4) is 11.6 Å². The van der Waals surface area contributed by atoms with Crippen LogP contribution in [0.3, 0.4) is 0 Å². The Balaban J connectivity index is 2.04. The van der Waals surface area contributed by atoms with Gasteiger partial charge in [-0.1, -0.05) is 12.1 Å². The maximum absolute atomic E-state index is 11.7. The SMILES string of the molecule is COC(=O)c1cc(Oc2ncnc3ccccc23)ccc1[N+](=O)[O-]. The van der Waals surface area contributed by atoms with Crippen molar-refractivity contribution in [2.24, 2.45) is 0 Å². The summed E-state index contributed by atoms with van der Waals surface area (Å²) in [7, 11) is 1.15. The second kappa shape index (κ2) is 6.29. The van der Waals surface area contributed by atoms with Crippen molar-refractivity contribution in [2.75, 3.05) is 7.11 Å². The molecule has 3 rings (SSSR count). The minimum atomic E-state index is -0.820. The number of carbonyl (C=O) groups is 1. The quantitative estimate of drug-likeness (QED) is 0.412. The number of benzene rings is 2. The smallest absolute Gasteiger partial charge is 0.345 e. The molecular formula is C16H11N3O5. The zero-order valence-electron chi connectivity index (χ0n) is 12.5. The van der Waals surface area contributed by atoms with E-state index in [0.717, 1.165) is 7.11 Å². The number of ether oxygens (including phenoxy) is 2. The lowest BCUT2D eigenvalue weighted by Crippen LogP contribution is -2.06. The summed E-state index contributed by atoms with van der Waals surface area (Å²) in [5.74, 6) is -0.310. The molecule has 0 aliphatic rings. The molecule has 0 amide bonds. The number of nitrogens with zero attached hydrogens (tertiary/aromatic N) is 3. The first-order chi connectivity index (χ1) is 11.6. The first kappa shape index (κ1) is 15.3. The standard InChI is InChI=1S/C16H11N3O5/c1-23-16(20)12-8-10(6-7-14(12)19(21)22)24-15-11-4-2-3-5-13(11)17-9-18-15/h2-9H,1H3. The molecule has 3 aromatic rings. The highest BCUT2D eigenvalue weighted by molar-refractivity contribution is 5.94. The molecule has 0 saturated heterocycles. The second-order valence-corrected chi connectivity index (χ2v) is 4.73. The normalized spacial score (nSPS) is 10.4. The van der Waals surface area contributed by atoms with Gasteiger partial charge in [0, 0.05) is 12.1 Å². The van der Waals surface area contributed by atoms with Crippen LogP contribution in [0.25, 0.3) is 10.9 Å². The van der Waals surface area contributed by atoms with Gasteiger partial charge in [0.2, 0.25) is 5.88 Å². The first-order valence-corrected chi connectivity index (χ1v) is 6.84. The third kappa shape index (κ3) is 2.84. The molecule has 0 saturated carbocycles. The van der Waals surface area contributed by atoms with E-state index in [9.17, 15) is 14.9 Å². The average Bonchev–Trinajstić information content (AvgIpc) is 2.61. The van der Waals surface area contributed by atoms with E-state index in [-0.39, 0.29) is 22.9 Å². The number of carbonyl (C=O) groups excluding carboxylic acids is 1. The van der Waals surface area contributed by atoms with Crippen LogP contribution in [0.1, 0.15) is 10.4 Å². The third-order valence-electron chi connectivity index (χ3n) is 3.29. The molecule has 1 heterocycles. The Morgan fingerprint density at radius 1 is 1.17 bits per heavy atom. The van der Waals surface area contributed by atoms with Crippen LogP contribution in [0, 0.1) is 10.1 Å². The maximum Gasteiger partial charge on any atom is 0.345 e. The average molecular weight is 325 g/mol. The fourth-order valence-corrected chi connectivity index (χ4v) is 2.18. The van der Waals surface area contributed by atoms with E-state index in [0.29, 0.717) is 10.9 Å². The largest absolute Gasteiger partial charge is 0.465 e. The Labute approximate surface area is 135 Å². The van der Waals surface area contributed by atoms with Gasteiger partial charge in [-0.3, -0.25) is 10.1 Å². The molecule has 0 aliphatic carbocycles. The molecule has 0 radical (unpaired) electrons. The van der Waals surface area contributed by atoms with E-state index in [2.05, 4.69) is 14.7 Å². The lowest BCUT2D eigenvalue weighted by Gasteiger charge is -2.08. The van der Waals surface area contributed by atoms with Crippen LogP contribution in [-0.2, 0) is 4.74 Å². The molecule has 0 aliphatic heterocycles. The van der Waals surface area contributed by atoms with Gasteiger partial charge in [0.25, 0.3) is 5.69 Å². The summed E-state index contributed by atoms with van der Waals surface area (Å²) in [5, 5.41) is 11.7. The molecule has 120 valence electrons. The summed E-state index contributed by atoms with van der Waals surface area (Å²) in [6, 6.07) is 11.1. The lowest BCUT2D eigenvalue weighted by molar-refractivity contribution is -0.385. The molecule has 0 fully saturated rings. The lowest BCUT2D eigenvalue weighted by atomic mass is 10.1. The van der Waals surface area contributed by atoms with Crippen LogP contribution in [0.4, 0.5) is 5.69 Å². The van der Waals surface area contributed by atoms with Gasteiger partial charge in [0.15, 0.2) is 0 Å². The van der Waals surface area contributed by atoms with Gasteiger partial charge in [-0.2, -0.15) is 0 Å².